The van der Waals surface area contributed by atoms with E-state index in [2.05, 4.69) is 4.98 Å². The molecule has 0 saturated carbocycles. The van der Waals surface area contributed by atoms with Crippen LogP contribution in [0, 0.1) is 0 Å². The highest BCUT2D eigenvalue weighted by atomic mass is 16.5. The van der Waals surface area contributed by atoms with Crippen LogP contribution in [0.5, 0.6) is 0 Å². The minimum Gasteiger partial charge on any atom is -0.462 e. The van der Waals surface area contributed by atoms with Crippen molar-refractivity contribution >= 4 is 5.97 Å². The van der Waals surface area contributed by atoms with E-state index in [0.29, 0.717) is 12.2 Å². The molecule has 4 heteroatoms. The molecule has 0 aliphatic carbocycles. The van der Waals surface area contributed by atoms with E-state index in [0.717, 1.165) is 11.4 Å². The van der Waals surface area contributed by atoms with Crippen LogP contribution in [0.25, 0.3) is 11.4 Å². The lowest BCUT2D eigenvalue weighted by molar-refractivity contribution is 0.0526. The van der Waals surface area contributed by atoms with Gasteiger partial charge in [-0.15, -0.1) is 0 Å². The van der Waals surface area contributed by atoms with Gasteiger partial charge in [0.2, 0.25) is 0 Å². The molecule has 0 aliphatic heterocycles. The minimum absolute atomic E-state index is 0.292. The van der Waals surface area contributed by atoms with E-state index in [1.807, 2.05) is 29.9 Å². The monoisotopic (exact) mass is 218 g/mol. The van der Waals surface area contributed by atoms with E-state index in [9.17, 15) is 4.79 Å². The van der Waals surface area contributed by atoms with Gasteiger partial charge in [0, 0.05) is 19.4 Å². The molecule has 2 rings (SSSR count). The van der Waals surface area contributed by atoms with Crippen molar-refractivity contribution in [3.8, 4) is 11.4 Å². The van der Waals surface area contributed by atoms with Crippen LogP contribution < -0.4 is 0 Å². The van der Waals surface area contributed by atoms with Crippen molar-refractivity contribution in [3.63, 3.8) is 0 Å². The Hall–Kier alpha value is -1.97. The average molecular weight is 218 g/mol. The number of aromatic nitrogens is 2. The summed E-state index contributed by atoms with van der Waals surface area (Å²) < 4.78 is 6.91. The lowest BCUT2D eigenvalue weighted by atomic mass is 10.2. The first-order valence-corrected chi connectivity index (χ1v) is 5.19. The summed E-state index contributed by atoms with van der Waals surface area (Å²) in [5, 5.41) is 0. The van der Waals surface area contributed by atoms with Crippen molar-refractivity contribution in [2.75, 3.05) is 6.61 Å². The van der Waals surface area contributed by atoms with Crippen molar-refractivity contribution in [1.82, 2.24) is 9.55 Å². The van der Waals surface area contributed by atoms with Gasteiger partial charge in [-0.05, 0) is 25.1 Å². The molecular formula is C12H14N2O2. The third-order valence-corrected chi connectivity index (χ3v) is 2.41. The van der Waals surface area contributed by atoms with Gasteiger partial charge in [0.25, 0.3) is 0 Å². The van der Waals surface area contributed by atoms with Crippen molar-refractivity contribution in [1.29, 1.82) is 0 Å². The van der Waals surface area contributed by atoms with Gasteiger partial charge in [-0.2, -0.15) is 0 Å². The average Bonchev–Trinajstić information content (AvgIpc) is 2.86. The molecule has 4 nitrogen and oxygen atoms in total. The zero-order chi connectivity index (χ0) is 11.5. The third-order valence-electron chi connectivity index (χ3n) is 2.41. The molecule has 1 N–H and O–H groups in total. The smallest absolute Gasteiger partial charge is 0.339 e. The van der Waals surface area contributed by atoms with E-state index < -0.39 is 0 Å². The molecule has 2 heterocycles. The first-order valence-electron chi connectivity index (χ1n) is 5.19. The summed E-state index contributed by atoms with van der Waals surface area (Å²) in [6.07, 6.45) is 3.63. The lowest BCUT2D eigenvalue weighted by Gasteiger charge is -1.99. The maximum Gasteiger partial charge on any atom is 0.339 e. The molecular weight excluding hydrogens is 204 g/mol. The number of carbonyl (C=O) groups excluding carboxylic acids is 1. The Morgan fingerprint density at radius 3 is 3.00 bits per heavy atom. The number of nitrogens with zero attached hydrogens (tertiary/aromatic N) is 1. The van der Waals surface area contributed by atoms with Crippen LogP contribution in [0.3, 0.4) is 0 Å². The summed E-state index contributed by atoms with van der Waals surface area (Å²) in [5.41, 5.74) is 2.50. The van der Waals surface area contributed by atoms with Gasteiger partial charge in [-0.25, -0.2) is 4.79 Å². The number of H-pyrrole nitrogens is 1. The second-order valence-corrected chi connectivity index (χ2v) is 3.53. The Morgan fingerprint density at radius 1 is 1.56 bits per heavy atom. The normalized spacial score (nSPS) is 10.4. The Bertz CT molecular complexity index is 497. The Labute approximate surface area is 93.9 Å². The highest BCUT2D eigenvalue weighted by Gasteiger charge is 2.10. The van der Waals surface area contributed by atoms with Gasteiger partial charge < -0.3 is 14.3 Å². The predicted molar refractivity (Wildman–Crippen MR) is 61.2 cm³/mol. The largest absolute Gasteiger partial charge is 0.462 e. The van der Waals surface area contributed by atoms with Crippen molar-refractivity contribution in [3.05, 3.63) is 36.2 Å². The molecule has 0 aromatic carbocycles. The van der Waals surface area contributed by atoms with Gasteiger partial charge in [-0.1, -0.05) is 0 Å². The van der Waals surface area contributed by atoms with Crippen molar-refractivity contribution in [2.24, 2.45) is 7.05 Å². The molecule has 16 heavy (non-hydrogen) atoms. The van der Waals surface area contributed by atoms with Gasteiger partial charge >= 0.3 is 5.97 Å². The number of ether oxygens (including phenoxy) is 1. The number of nitrogens with one attached hydrogen (secondary N) is 1. The summed E-state index contributed by atoms with van der Waals surface area (Å²) in [6, 6.07) is 5.74. The number of aromatic amines is 1. The SMILES string of the molecule is CCOC(=O)c1c[nH]c(-c2cccn2C)c1. The first kappa shape index (κ1) is 10.5. The molecule has 0 bridgehead atoms. The molecule has 84 valence electrons. The Balaban J connectivity index is 2.26. The topological polar surface area (TPSA) is 47.0 Å². The quantitative estimate of drug-likeness (QED) is 0.803. The fraction of sp³-hybridized carbons (Fsp3) is 0.250. The Kier molecular flexibility index (Phi) is 2.81. The van der Waals surface area contributed by atoms with Crippen LogP contribution >= 0.6 is 0 Å². The van der Waals surface area contributed by atoms with E-state index >= 15 is 0 Å². The maximum absolute atomic E-state index is 11.5. The summed E-state index contributed by atoms with van der Waals surface area (Å²) in [4.78, 5) is 14.5. The summed E-state index contributed by atoms with van der Waals surface area (Å²) in [5.74, 6) is -0.292. The van der Waals surface area contributed by atoms with Crippen LogP contribution in [0.1, 0.15) is 17.3 Å². The fourth-order valence-corrected chi connectivity index (χ4v) is 1.62. The molecule has 0 unspecified atom stereocenters. The van der Waals surface area contributed by atoms with E-state index in [4.69, 9.17) is 4.74 Å². The predicted octanol–water partition coefficient (Wildman–Crippen LogP) is 2.20. The molecule has 0 saturated heterocycles. The van der Waals surface area contributed by atoms with Crippen LogP contribution in [0.2, 0.25) is 0 Å². The van der Waals surface area contributed by atoms with Crippen LogP contribution in [0.15, 0.2) is 30.6 Å². The second-order valence-electron chi connectivity index (χ2n) is 3.53. The van der Waals surface area contributed by atoms with Crippen molar-refractivity contribution < 1.29 is 9.53 Å². The highest BCUT2D eigenvalue weighted by molar-refractivity contribution is 5.90. The van der Waals surface area contributed by atoms with Crippen LogP contribution in [-0.2, 0) is 11.8 Å². The van der Waals surface area contributed by atoms with Crippen LogP contribution in [0.4, 0.5) is 0 Å². The summed E-state index contributed by atoms with van der Waals surface area (Å²) >= 11 is 0. The van der Waals surface area contributed by atoms with Gasteiger partial charge in [-0.3, -0.25) is 0 Å². The molecule has 0 amide bonds. The molecule has 0 radical (unpaired) electrons. The van der Waals surface area contributed by atoms with E-state index in [1.165, 1.54) is 0 Å². The zero-order valence-electron chi connectivity index (χ0n) is 9.36. The third kappa shape index (κ3) is 1.86. The van der Waals surface area contributed by atoms with Crippen LogP contribution in [-0.4, -0.2) is 22.1 Å². The summed E-state index contributed by atoms with van der Waals surface area (Å²) in [7, 11) is 1.96. The first-order chi connectivity index (χ1) is 7.72. The number of carbonyl (C=O) groups is 1. The number of rotatable bonds is 3. The zero-order valence-corrected chi connectivity index (χ0v) is 9.36. The molecule has 2 aromatic heterocycles. The fourth-order valence-electron chi connectivity index (χ4n) is 1.62. The number of hydrogen-bond donors (Lipinski definition) is 1. The number of esters is 1. The Morgan fingerprint density at radius 2 is 2.38 bits per heavy atom. The highest BCUT2D eigenvalue weighted by Crippen LogP contribution is 2.19. The molecule has 0 atom stereocenters. The van der Waals surface area contributed by atoms with Gasteiger partial charge in [0.1, 0.15) is 0 Å². The molecule has 0 aliphatic rings. The maximum atomic E-state index is 11.5. The van der Waals surface area contributed by atoms with E-state index in [1.54, 1.807) is 19.2 Å². The number of aryl methyl sites for hydroxylation is 1. The lowest BCUT2D eigenvalue weighted by Crippen LogP contribution is -2.02. The van der Waals surface area contributed by atoms with Crippen molar-refractivity contribution in [2.45, 2.75) is 6.92 Å². The van der Waals surface area contributed by atoms with E-state index in [-0.39, 0.29) is 5.97 Å². The van der Waals surface area contributed by atoms with Gasteiger partial charge in [0.15, 0.2) is 0 Å². The number of hydrogen-bond acceptors (Lipinski definition) is 2. The minimum atomic E-state index is -0.292. The standard InChI is InChI=1S/C12H14N2O2/c1-3-16-12(15)9-7-10(13-8-9)11-5-4-6-14(11)2/h4-8,13H,3H2,1-2H3. The molecule has 0 fully saturated rings. The molecule has 2 aromatic rings. The summed E-state index contributed by atoms with van der Waals surface area (Å²) in [6.45, 7) is 2.19. The second kappa shape index (κ2) is 4.26. The van der Waals surface area contributed by atoms with Gasteiger partial charge in [0.05, 0.1) is 23.6 Å². The molecule has 0 spiro atoms.